The molecule has 0 bridgehead atoms. The fourth-order valence-electron chi connectivity index (χ4n) is 3.40. The fraction of sp³-hybridized carbons (Fsp3) is 0.286. The Balaban J connectivity index is 1.41. The Hall–Kier alpha value is -3.15. The predicted octanol–water partition coefficient (Wildman–Crippen LogP) is 5.78. The molecule has 0 saturated carbocycles. The van der Waals surface area contributed by atoms with Crippen LogP contribution < -0.4 is 15.2 Å². The summed E-state index contributed by atoms with van der Waals surface area (Å²) in [6, 6.07) is 18.3. The number of carbonyl (C=O) groups is 2. The van der Waals surface area contributed by atoms with E-state index < -0.39 is 32.4 Å². The molecule has 4 N–H and O–H groups in total. The molecule has 0 fully saturated rings. The van der Waals surface area contributed by atoms with Crippen LogP contribution in [0.2, 0.25) is 10.0 Å². The Morgan fingerprint density at radius 2 is 1.69 bits per heavy atom. The lowest BCUT2D eigenvalue weighted by atomic mass is 10.1. The number of para-hydroxylation sites is 1. The molecule has 3 aromatic carbocycles. The van der Waals surface area contributed by atoms with E-state index in [-0.39, 0.29) is 32.7 Å². The number of hydrogen-bond donors (Lipinski definition) is 3. The first-order chi connectivity index (χ1) is 20.0. The number of benzene rings is 3. The fourth-order valence-corrected chi connectivity index (χ4v) is 4.48. The summed E-state index contributed by atoms with van der Waals surface area (Å²) >= 11 is 12.0. The molecule has 0 amide bonds. The lowest BCUT2D eigenvalue weighted by Gasteiger charge is -2.14. The summed E-state index contributed by atoms with van der Waals surface area (Å²) in [7, 11) is -4.47. The minimum Gasteiger partial charge on any atom is -0.489 e. The molecule has 2 atom stereocenters. The van der Waals surface area contributed by atoms with Crippen LogP contribution in [0, 0.1) is 0 Å². The average molecular weight is 642 g/mol. The number of carbonyl (C=O) groups excluding carboxylic acids is 1. The number of aliphatic carboxylic acids is 1. The summed E-state index contributed by atoms with van der Waals surface area (Å²) in [5, 5.41) is 9.49. The molecule has 0 aliphatic heterocycles. The topological polar surface area (TPSA) is 164 Å². The van der Waals surface area contributed by atoms with Gasteiger partial charge in [0.15, 0.2) is 0 Å². The molecular weight excluding hydrogens is 612 g/mol. The van der Waals surface area contributed by atoms with Crippen molar-refractivity contribution >= 4 is 43.0 Å². The van der Waals surface area contributed by atoms with Crippen molar-refractivity contribution in [3.05, 3.63) is 87.9 Å². The molecule has 1 unspecified atom stereocenters. The number of esters is 1. The SMILES string of the molecule is N[C@@H](COP(=O)(O)OCCCOC(=O)CCc1ccccc1OCc1cccc(Oc2ccc(Cl)c(Cl)c2)c1)C(=O)O. The molecule has 226 valence electrons. The minimum absolute atomic E-state index is 0.0493. The molecule has 0 heterocycles. The van der Waals surface area contributed by atoms with Crippen molar-refractivity contribution in [3.8, 4) is 17.2 Å². The number of nitrogens with two attached hydrogens (primary N) is 1. The zero-order valence-corrected chi connectivity index (χ0v) is 24.7. The maximum Gasteiger partial charge on any atom is 0.472 e. The maximum atomic E-state index is 12.2. The molecule has 0 saturated heterocycles. The summed E-state index contributed by atoms with van der Waals surface area (Å²) in [5.74, 6) is -0.0716. The Bertz CT molecular complexity index is 1410. The van der Waals surface area contributed by atoms with Gasteiger partial charge in [-0.05, 0) is 47.9 Å². The van der Waals surface area contributed by atoms with Crippen LogP contribution in [-0.4, -0.2) is 47.8 Å². The average Bonchev–Trinajstić information content (AvgIpc) is 2.96. The normalized spacial score (nSPS) is 13.1. The summed E-state index contributed by atoms with van der Waals surface area (Å²) in [4.78, 5) is 32.4. The van der Waals surface area contributed by atoms with E-state index in [0.29, 0.717) is 33.7 Å². The van der Waals surface area contributed by atoms with E-state index in [1.165, 1.54) is 0 Å². The summed E-state index contributed by atoms with van der Waals surface area (Å²) in [5.41, 5.74) is 6.89. The van der Waals surface area contributed by atoms with Crippen LogP contribution in [0.4, 0.5) is 0 Å². The van der Waals surface area contributed by atoms with Crippen LogP contribution in [0.15, 0.2) is 66.7 Å². The van der Waals surface area contributed by atoms with Crippen LogP contribution in [0.3, 0.4) is 0 Å². The predicted molar refractivity (Wildman–Crippen MR) is 155 cm³/mol. The number of phosphoric acid groups is 1. The largest absolute Gasteiger partial charge is 0.489 e. The van der Waals surface area contributed by atoms with Gasteiger partial charge in [0.25, 0.3) is 0 Å². The van der Waals surface area contributed by atoms with E-state index in [2.05, 4.69) is 4.52 Å². The van der Waals surface area contributed by atoms with Crippen molar-refractivity contribution < 1.29 is 47.4 Å². The van der Waals surface area contributed by atoms with Gasteiger partial charge in [0, 0.05) is 18.9 Å². The first-order valence-corrected chi connectivity index (χ1v) is 15.0. The summed E-state index contributed by atoms with van der Waals surface area (Å²) in [6.07, 6.45) is 0.580. The monoisotopic (exact) mass is 641 g/mol. The van der Waals surface area contributed by atoms with Crippen LogP contribution in [0.25, 0.3) is 0 Å². The van der Waals surface area contributed by atoms with Gasteiger partial charge in [0.1, 0.15) is 29.9 Å². The molecule has 42 heavy (non-hydrogen) atoms. The molecule has 0 spiro atoms. The second kappa shape index (κ2) is 16.5. The van der Waals surface area contributed by atoms with Gasteiger partial charge in [-0.1, -0.05) is 53.5 Å². The van der Waals surface area contributed by atoms with Gasteiger partial charge in [-0.2, -0.15) is 0 Å². The summed E-state index contributed by atoms with van der Waals surface area (Å²) < 4.78 is 38.0. The number of carboxylic acid groups (broad SMARTS) is 1. The zero-order valence-electron chi connectivity index (χ0n) is 22.3. The molecule has 3 aromatic rings. The third-order valence-corrected chi connectivity index (χ3v) is 7.25. The van der Waals surface area contributed by atoms with Crippen molar-refractivity contribution in [1.29, 1.82) is 0 Å². The quantitative estimate of drug-likeness (QED) is 0.0930. The molecule has 0 aromatic heterocycles. The van der Waals surface area contributed by atoms with Gasteiger partial charge in [0.05, 0.1) is 29.9 Å². The van der Waals surface area contributed by atoms with Gasteiger partial charge >= 0.3 is 19.8 Å². The minimum atomic E-state index is -4.47. The molecule has 0 aliphatic carbocycles. The van der Waals surface area contributed by atoms with Gasteiger partial charge in [-0.15, -0.1) is 0 Å². The second-order valence-electron chi connectivity index (χ2n) is 8.84. The number of phosphoric ester groups is 1. The van der Waals surface area contributed by atoms with Crippen LogP contribution in [0.1, 0.15) is 24.0 Å². The van der Waals surface area contributed by atoms with Crippen molar-refractivity contribution in [2.45, 2.75) is 31.9 Å². The van der Waals surface area contributed by atoms with Crippen LogP contribution in [0.5, 0.6) is 17.2 Å². The number of aryl methyl sites for hydroxylation is 1. The smallest absolute Gasteiger partial charge is 0.472 e. The van der Waals surface area contributed by atoms with E-state index in [1.54, 1.807) is 18.2 Å². The molecular formula is C28H30Cl2NO10P. The first kappa shape index (κ1) is 33.4. The third kappa shape index (κ3) is 11.6. The lowest BCUT2D eigenvalue weighted by molar-refractivity contribution is -0.143. The van der Waals surface area contributed by atoms with Gasteiger partial charge in [-0.3, -0.25) is 18.6 Å². The molecule has 0 aliphatic rings. The van der Waals surface area contributed by atoms with E-state index in [1.807, 2.05) is 48.5 Å². The van der Waals surface area contributed by atoms with E-state index >= 15 is 0 Å². The zero-order chi connectivity index (χ0) is 30.5. The van der Waals surface area contributed by atoms with Gasteiger partial charge < -0.3 is 29.9 Å². The molecule has 0 radical (unpaired) electrons. The Kier molecular flexibility index (Phi) is 13.1. The molecule has 14 heteroatoms. The van der Waals surface area contributed by atoms with Crippen molar-refractivity contribution in [1.82, 2.24) is 0 Å². The van der Waals surface area contributed by atoms with Crippen LogP contribution in [-0.2, 0) is 41.0 Å². The maximum absolute atomic E-state index is 12.2. The highest BCUT2D eigenvalue weighted by molar-refractivity contribution is 7.47. The number of rotatable bonds is 17. The van der Waals surface area contributed by atoms with Gasteiger partial charge in [0.2, 0.25) is 0 Å². The highest BCUT2D eigenvalue weighted by Gasteiger charge is 2.24. The molecule has 11 nitrogen and oxygen atoms in total. The van der Waals surface area contributed by atoms with Crippen LogP contribution >= 0.6 is 31.0 Å². The Morgan fingerprint density at radius 1 is 0.929 bits per heavy atom. The Labute approximate surface area is 252 Å². The number of hydrogen-bond acceptors (Lipinski definition) is 9. The highest BCUT2D eigenvalue weighted by Crippen LogP contribution is 2.43. The first-order valence-electron chi connectivity index (χ1n) is 12.7. The van der Waals surface area contributed by atoms with Gasteiger partial charge in [-0.25, -0.2) is 4.57 Å². The summed E-state index contributed by atoms with van der Waals surface area (Å²) in [6.45, 7) is -0.725. The highest BCUT2D eigenvalue weighted by atomic mass is 35.5. The van der Waals surface area contributed by atoms with Crippen molar-refractivity contribution in [2.24, 2.45) is 5.73 Å². The van der Waals surface area contributed by atoms with E-state index in [4.69, 9.17) is 52.8 Å². The van der Waals surface area contributed by atoms with Crippen molar-refractivity contribution in [2.75, 3.05) is 19.8 Å². The van der Waals surface area contributed by atoms with E-state index in [9.17, 15) is 19.0 Å². The van der Waals surface area contributed by atoms with E-state index in [0.717, 1.165) is 11.1 Å². The molecule has 3 rings (SSSR count). The number of ether oxygens (including phenoxy) is 3. The number of carboxylic acids is 1. The lowest BCUT2D eigenvalue weighted by Crippen LogP contribution is -2.34. The number of halogens is 2. The van der Waals surface area contributed by atoms with Crippen molar-refractivity contribution in [3.63, 3.8) is 0 Å². The third-order valence-electron chi connectivity index (χ3n) is 5.53. The Morgan fingerprint density at radius 3 is 2.45 bits per heavy atom. The second-order valence-corrected chi connectivity index (χ2v) is 11.1. The standard InChI is InChI=1S/C28H30Cl2NO10P/c29-23-11-10-22(16-24(23)30)41-21-7-3-5-19(15-21)17-38-26-8-2-1-6-20(26)9-12-27(32)37-13-4-14-39-42(35,36)40-18-25(31)28(33)34/h1-3,5-8,10-11,15-16,25H,4,9,12-14,17-18,31H2,(H,33,34)(H,35,36)/t25-/m0/s1.